The molecule has 0 aliphatic carbocycles. The van der Waals surface area contributed by atoms with Gasteiger partial charge in [-0.25, -0.2) is 0 Å². The van der Waals surface area contributed by atoms with Gasteiger partial charge in [0.1, 0.15) is 5.75 Å². The van der Waals surface area contributed by atoms with Crippen molar-refractivity contribution in [2.75, 3.05) is 35.5 Å². The van der Waals surface area contributed by atoms with Gasteiger partial charge in [-0.1, -0.05) is 6.07 Å². The van der Waals surface area contributed by atoms with E-state index in [-0.39, 0.29) is 17.9 Å². The van der Waals surface area contributed by atoms with Gasteiger partial charge in [-0.3, -0.25) is 4.99 Å². The van der Waals surface area contributed by atoms with E-state index < -0.39 is 11.7 Å². The smallest absolute Gasteiger partial charge is 0.416 e. The predicted molar refractivity (Wildman–Crippen MR) is 111 cm³/mol. The fourth-order valence-electron chi connectivity index (χ4n) is 2.92. The van der Waals surface area contributed by atoms with E-state index in [0.29, 0.717) is 29.8 Å². The number of aliphatic imine (C=N–C) groups is 1. The van der Waals surface area contributed by atoms with Crippen molar-refractivity contribution in [3.63, 3.8) is 0 Å². The van der Waals surface area contributed by atoms with Crippen molar-refractivity contribution in [3.05, 3.63) is 47.0 Å². The van der Waals surface area contributed by atoms with Crippen molar-refractivity contribution in [2.24, 2.45) is 4.99 Å². The van der Waals surface area contributed by atoms with Crippen LogP contribution >= 0.6 is 0 Å². The van der Waals surface area contributed by atoms with Crippen molar-refractivity contribution in [2.45, 2.75) is 19.3 Å². The number of ether oxygens (including phenoxy) is 4. The first-order valence-corrected chi connectivity index (χ1v) is 9.24. The second-order valence-electron chi connectivity index (χ2n) is 6.33. The lowest BCUT2D eigenvalue weighted by Gasteiger charge is -2.17. The number of nitrogens with one attached hydrogen (secondary N) is 2. The van der Waals surface area contributed by atoms with E-state index >= 15 is 0 Å². The SMILES string of the molecule is CN=C(NCc1cc(OC)c(OC)c(OC)c1)NCc1ccc(OC)cc1C(F)(F)F. The fourth-order valence-corrected chi connectivity index (χ4v) is 2.92. The molecular formula is C21H26F3N3O4. The summed E-state index contributed by atoms with van der Waals surface area (Å²) in [6.07, 6.45) is -4.50. The quantitative estimate of drug-likeness (QED) is 0.482. The number of hydrogen-bond donors (Lipinski definition) is 2. The van der Waals surface area contributed by atoms with Crippen molar-refractivity contribution in [3.8, 4) is 23.0 Å². The molecular weight excluding hydrogens is 415 g/mol. The highest BCUT2D eigenvalue weighted by molar-refractivity contribution is 5.79. The molecule has 0 unspecified atom stereocenters. The average molecular weight is 441 g/mol. The number of hydrogen-bond acceptors (Lipinski definition) is 5. The zero-order valence-electron chi connectivity index (χ0n) is 18.0. The van der Waals surface area contributed by atoms with Crippen LogP contribution < -0.4 is 29.6 Å². The molecule has 2 aromatic rings. The first-order valence-electron chi connectivity index (χ1n) is 9.24. The van der Waals surface area contributed by atoms with E-state index in [1.807, 2.05) is 0 Å². The van der Waals surface area contributed by atoms with Gasteiger partial charge in [0.2, 0.25) is 5.75 Å². The van der Waals surface area contributed by atoms with Gasteiger partial charge in [0.15, 0.2) is 17.5 Å². The standard InChI is InChI=1S/C21H26F3N3O4/c1-25-20(26-11-13-8-17(29-3)19(31-5)18(9-13)30-4)27-12-14-6-7-15(28-2)10-16(14)21(22,23)24/h6-10H,11-12H2,1-5H3,(H2,25,26,27). The lowest BCUT2D eigenvalue weighted by Crippen LogP contribution is -2.36. The minimum atomic E-state index is -4.50. The van der Waals surface area contributed by atoms with Crippen LogP contribution in [-0.2, 0) is 19.3 Å². The summed E-state index contributed by atoms with van der Waals surface area (Å²) in [6.45, 7) is 0.249. The molecule has 0 saturated carbocycles. The molecule has 7 nitrogen and oxygen atoms in total. The number of benzene rings is 2. The van der Waals surface area contributed by atoms with Crippen molar-refractivity contribution in [1.29, 1.82) is 0 Å². The fraction of sp³-hybridized carbons (Fsp3) is 0.381. The molecule has 0 aliphatic rings. The maximum absolute atomic E-state index is 13.4. The third-order valence-corrected chi connectivity index (χ3v) is 4.48. The number of nitrogens with zero attached hydrogens (tertiary/aromatic N) is 1. The van der Waals surface area contributed by atoms with Gasteiger partial charge in [-0.05, 0) is 35.4 Å². The van der Waals surface area contributed by atoms with E-state index in [4.69, 9.17) is 18.9 Å². The molecule has 0 saturated heterocycles. The molecule has 2 aromatic carbocycles. The second kappa shape index (κ2) is 10.6. The summed E-state index contributed by atoms with van der Waals surface area (Å²) >= 11 is 0. The first-order chi connectivity index (χ1) is 14.8. The maximum atomic E-state index is 13.4. The number of rotatable bonds is 8. The van der Waals surface area contributed by atoms with Crippen LogP contribution in [-0.4, -0.2) is 41.4 Å². The first kappa shape index (κ1) is 24.0. The minimum absolute atomic E-state index is 0.0732. The lowest BCUT2D eigenvalue weighted by molar-refractivity contribution is -0.138. The molecule has 0 atom stereocenters. The molecule has 0 heterocycles. The van der Waals surface area contributed by atoms with Gasteiger partial charge in [0.25, 0.3) is 0 Å². The van der Waals surface area contributed by atoms with Crippen LogP contribution in [0.5, 0.6) is 23.0 Å². The Hall–Kier alpha value is -3.30. The Kier molecular flexibility index (Phi) is 8.23. The zero-order chi connectivity index (χ0) is 23.0. The van der Waals surface area contributed by atoms with E-state index in [1.54, 1.807) is 12.1 Å². The van der Waals surface area contributed by atoms with Gasteiger partial charge in [0.05, 0.1) is 34.0 Å². The summed E-state index contributed by atoms with van der Waals surface area (Å²) in [5, 5.41) is 5.95. The van der Waals surface area contributed by atoms with E-state index in [9.17, 15) is 13.2 Å². The molecule has 0 radical (unpaired) electrons. The van der Waals surface area contributed by atoms with Crippen LogP contribution in [0, 0.1) is 0 Å². The highest BCUT2D eigenvalue weighted by Crippen LogP contribution is 2.38. The monoisotopic (exact) mass is 441 g/mol. The van der Waals surface area contributed by atoms with Gasteiger partial charge in [-0.15, -0.1) is 0 Å². The Morgan fingerprint density at radius 1 is 0.871 bits per heavy atom. The number of halogens is 3. The van der Waals surface area contributed by atoms with Crippen LogP contribution in [0.3, 0.4) is 0 Å². The average Bonchev–Trinajstić information content (AvgIpc) is 2.77. The molecule has 0 bridgehead atoms. The third kappa shape index (κ3) is 6.09. The molecule has 0 amide bonds. The lowest BCUT2D eigenvalue weighted by atomic mass is 10.1. The summed E-state index contributed by atoms with van der Waals surface area (Å²) in [5.41, 5.74) is 0.112. The highest BCUT2D eigenvalue weighted by atomic mass is 19.4. The van der Waals surface area contributed by atoms with Crippen LogP contribution in [0.15, 0.2) is 35.3 Å². The number of methoxy groups -OCH3 is 4. The Morgan fingerprint density at radius 3 is 1.97 bits per heavy atom. The Labute approximate surface area is 179 Å². The van der Waals surface area contributed by atoms with Crippen LogP contribution in [0.25, 0.3) is 0 Å². The zero-order valence-corrected chi connectivity index (χ0v) is 18.0. The van der Waals surface area contributed by atoms with E-state index in [1.165, 1.54) is 47.6 Å². The van der Waals surface area contributed by atoms with E-state index in [2.05, 4.69) is 15.6 Å². The summed E-state index contributed by atoms with van der Waals surface area (Å²) in [4.78, 5) is 4.06. The predicted octanol–water partition coefficient (Wildman–Crippen LogP) is 3.61. The maximum Gasteiger partial charge on any atom is 0.416 e. The van der Waals surface area contributed by atoms with E-state index in [0.717, 1.165) is 11.6 Å². The normalized spacial score (nSPS) is 11.7. The molecule has 2 N–H and O–H groups in total. The Bertz CT molecular complexity index is 892. The second-order valence-corrected chi connectivity index (χ2v) is 6.33. The van der Waals surface area contributed by atoms with Crippen LogP contribution in [0.4, 0.5) is 13.2 Å². The third-order valence-electron chi connectivity index (χ3n) is 4.48. The topological polar surface area (TPSA) is 73.3 Å². The molecule has 0 spiro atoms. The van der Waals surface area contributed by atoms with Crippen LogP contribution in [0.1, 0.15) is 16.7 Å². The van der Waals surface area contributed by atoms with Gasteiger partial charge < -0.3 is 29.6 Å². The molecule has 31 heavy (non-hydrogen) atoms. The highest BCUT2D eigenvalue weighted by Gasteiger charge is 2.33. The van der Waals surface area contributed by atoms with Gasteiger partial charge >= 0.3 is 6.18 Å². The number of alkyl halides is 3. The molecule has 0 aliphatic heterocycles. The summed E-state index contributed by atoms with van der Waals surface area (Å²) < 4.78 is 61.0. The molecule has 10 heteroatoms. The molecule has 2 rings (SSSR count). The summed E-state index contributed by atoms with van der Waals surface area (Å²) in [6, 6.07) is 7.38. The summed E-state index contributed by atoms with van der Waals surface area (Å²) in [7, 11) is 7.40. The van der Waals surface area contributed by atoms with Gasteiger partial charge in [0, 0.05) is 20.1 Å². The van der Waals surface area contributed by atoms with Gasteiger partial charge in [-0.2, -0.15) is 13.2 Å². The van der Waals surface area contributed by atoms with Crippen molar-refractivity contribution < 1.29 is 32.1 Å². The molecule has 0 fully saturated rings. The Morgan fingerprint density at radius 2 is 1.48 bits per heavy atom. The van der Waals surface area contributed by atoms with Crippen molar-refractivity contribution >= 4 is 5.96 Å². The van der Waals surface area contributed by atoms with Crippen LogP contribution in [0.2, 0.25) is 0 Å². The van der Waals surface area contributed by atoms with Crippen molar-refractivity contribution in [1.82, 2.24) is 10.6 Å². The Balaban J connectivity index is 2.11. The minimum Gasteiger partial charge on any atom is -0.497 e. The molecule has 170 valence electrons. The largest absolute Gasteiger partial charge is 0.497 e. The molecule has 0 aromatic heterocycles. The number of guanidine groups is 1. The summed E-state index contributed by atoms with van der Waals surface area (Å²) in [5.74, 6) is 1.93.